The fourth-order valence-electron chi connectivity index (χ4n) is 2.21. The number of benzene rings is 1. The first-order valence-electron chi connectivity index (χ1n) is 7.47. The van der Waals surface area contributed by atoms with E-state index in [1.165, 1.54) is 0 Å². The van der Waals surface area contributed by atoms with Crippen LogP contribution >= 0.6 is 0 Å². The minimum Gasteiger partial charge on any atom is -0.370 e. The van der Waals surface area contributed by atoms with E-state index in [0.29, 0.717) is 6.54 Å². The summed E-state index contributed by atoms with van der Waals surface area (Å²) in [6.07, 6.45) is 1.09. The second-order valence-electron chi connectivity index (χ2n) is 5.34. The van der Waals surface area contributed by atoms with Crippen LogP contribution in [-0.4, -0.2) is 45.2 Å². The van der Waals surface area contributed by atoms with E-state index < -0.39 is 0 Å². The summed E-state index contributed by atoms with van der Waals surface area (Å²) in [5.41, 5.74) is 2.19. The molecule has 0 spiro atoms. The van der Waals surface area contributed by atoms with Crippen molar-refractivity contribution in [3.8, 4) is 0 Å². The largest absolute Gasteiger partial charge is 0.370 e. The van der Waals surface area contributed by atoms with Crippen molar-refractivity contribution in [2.75, 3.05) is 45.2 Å². The van der Waals surface area contributed by atoms with Crippen LogP contribution in [0.3, 0.4) is 0 Å². The van der Waals surface area contributed by atoms with Gasteiger partial charge in [-0.1, -0.05) is 13.8 Å². The second kappa shape index (κ2) is 8.93. The molecule has 0 aliphatic carbocycles. The maximum absolute atomic E-state index is 13.5. The first-order valence-corrected chi connectivity index (χ1v) is 7.47. The monoisotopic (exact) mass is 281 g/mol. The highest BCUT2D eigenvalue weighted by Crippen LogP contribution is 2.22. The van der Waals surface area contributed by atoms with Crippen molar-refractivity contribution in [1.82, 2.24) is 10.2 Å². The van der Waals surface area contributed by atoms with E-state index in [4.69, 9.17) is 0 Å². The van der Waals surface area contributed by atoms with Crippen LogP contribution < -0.4 is 10.2 Å². The Hall–Kier alpha value is -1.13. The van der Waals surface area contributed by atoms with Gasteiger partial charge >= 0.3 is 0 Å². The lowest BCUT2D eigenvalue weighted by Crippen LogP contribution is -2.33. The average molecular weight is 281 g/mol. The summed E-state index contributed by atoms with van der Waals surface area (Å²) in [5.74, 6) is -0.161. The Balaban J connectivity index is 2.91. The highest BCUT2D eigenvalue weighted by Gasteiger charge is 2.11. The molecule has 0 unspecified atom stereocenters. The Morgan fingerprint density at radius 1 is 1.10 bits per heavy atom. The standard InChI is InChI=1S/C16H28FN3/c1-5-9-20(11-10-19(3)4)16-8-7-15(17)12-14(16)13-18-6-2/h7-8,12,18H,5-6,9-11,13H2,1-4H3. The Bertz CT molecular complexity index is 393. The lowest BCUT2D eigenvalue weighted by Gasteiger charge is -2.28. The van der Waals surface area contributed by atoms with Gasteiger partial charge in [-0.15, -0.1) is 0 Å². The normalized spacial score (nSPS) is 11.1. The van der Waals surface area contributed by atoms with Gasteiger partial charge in [-0.25, -0.2) is 4.39 Å². The van der Waals surface area contributed by atoms with Gasteiger partial charge in [0.25, 0.3) is 0 Å². The number of hydrogen-bond acceptors (Lipinski definition) is 3. The first-order chi connectivity index (χ1) is 9.58. The van der Waals surface area contributed by atoms with Crippen LogP contribution in [-0.2, 0) is 6.54 Å². The van der Waals surface area contributed by atoms with Crippen molar-refractivity contribution >= 4 is 5.69 Å². The van der Waals surface area contributed by atoms with Gasteiger partial charge in [-0.3, -0.25) is 0 Å². The van der Waals surface area contributed by atoms with Crippen LogP contribution in [0.4, 0.5) is 10.1 Å². The smallest absolute Gasteiger partial charge is 0.123 e. The lowest BCUT2D eigenvalue weighted by molar-refractivity contribution is 0.412. The van der Waals surface area contributed by atoms with Crippen molar-refractivity contribution < 1.29 is 4.39 Å². The molecule has 114 valence electrons. The fourth-order valence-corrected chi connectivity index (χ4v) is 2.21. The molecule has 0 radical (unpaired) electrons. The van der Waals surface area contributed by atoms with Gasteiger partial charge in [-0.2, -0.15) is 0 Å². The zero-order valence-electron chi connectivity index (χ0n) is 13.2. The van der Waals surface area contributed by atoms with Crippen molar-refractivity contribution in [2.24, 2.45) is 0 Å². The third kappa shape index (κ3) is 5.47. The van der Waals surface area contributed by atoms with Crippen LogP contribution in [0.5, 0.6) is 0 Å². The lowest BCUT2D eigenvalue weighted by atomic mass is 10.1. The van der Waals surface area contributed by atoms with Gasteiger partial charge in [0.15, 0.2) is 0 Å². The summed E-state index contributed by atoms with van der Waals surface area (Å²) in [4.78, 5) is 4.53. The Kier molecular flexibility index (Phi) is 7.55. The SMILES string of the molecule is CCCN(CCN(C)C)c1ccc(F)cc1CNCC. The Labute approximate surface area is 122 Å². The Morgan fingerprint density at radius 2 is 1.85 bits per heavy atom. The molecule has 1 N–H and O–H groups in total. The van der Waals surface area contributed by atoms with Crippen LogP contribution in [0.15, 0.2) is 18.2 Å². The van der Waals surface area contributed by atoms with Gasteiger partial charge < -0.3 is 15.1 Å². The summed E-state index contributed by atoms with van der Waals surface area (Å²) in [6, 6.07) is 5.12. The third-order valence-corrected chi connectivity index (χ3v) is 3.26. The number of likely N-dealkylation sites (N-methyl/N-ethyl adjacent to an activating group) is 1. The van der Waals surface area contributed by atoms with E-state index >= 15 is 0 Å². The van der Waals surface area contributed by atoms with Gasteiger partial charge in [0, 0.05) is 31.9 Å². The molecule has 20 heavy (non-hydrogen) atoms. The average Bonchev–Trinajstić information content (AvgIpc) is 2.41. The molecule has 0 aliphatic rings. The summed E-state index contributed by atoms with van der Waals surface area (Å²) < 4.78 is 13.5. The van der Waals surface area contributed by atoms with Crippen LogP contribution in [0, 0.1) is 5.82 Å². The van der Waals surface area contributed by atoms with Gasteiger partial charge in [0.05, 0.1) is 0 Å². The molecule has 0 saturated carbocycles. The molecule has 0 atom stereocenters. The quantitative estimate of drug-likeness (QED) is 0.751. The highest BCUT2D eigenvalue weighted by atomic mass is 19.1. The fraction of sp³-hybridized carbons (Fsp3) is 0.625. The maximum Gasteiger partial charge on any atom is 0.123 e. The van der Waals surface area contributed by atoms with Crippen LogP contribution in [0.2, 0.25) is 0 Å². The number of rotatable bonds is 9. The number of hydrogen-bond donors (Lipinski definition) is 1. The van der Waals surface area contributed by atoms with E-state index in [9.17, 15) is 4.39 Å². The molecule has 0 bridgehead atoms. The van der Waals surface area contributed by atoms with Gasteiger partial charge in [0.2, 0.25) is 0 Å². The van der Waals surface area contributed by atoms with E-state index in [0.717, 1.165) is 43.9 Å². The van der Waals surface area contributed by atoms with Gasteiger partial charge in [-0.05, 0) is 50.8 Å². The molecule has 0 heterocycles. The number of nitrogens with zero attached hydrogens (tertiary/aromatic N) is 2. The summed E-state index contributed by atoms with van der Waals surface area (Å²) >= 11 is 0. The van der Waals surface area contributed by atoms with E-state index in [-0.39, 0.29) is 5.82 Å². The molecule has 3 nitrogen and oxygen atoms in total. The molecule has 0 aliphatic heterocycles. The summed E-state index contributed by atoms with van der Waals surface area (Å²) in [7, 11) is 4.16. The summed E-state index contributed by atoms with van der Waals surface area (Å²) in [5, 5.41) is 3.29. The predicted molar refractivity (Wildman–Crippen MR) is 84.8 cm³/mol. The third-order valence-electron chi connectivity index (χ3n) is 3.26. The van der Waals surface area contributed by atoms with Crippen LogP contribution in [0.25, 0.3) is 0 Å². The molecule has 1 rings (SSSR count). The van der Waals surface area contributed by atoms with E-state index in [2.05, 4.69) is 43.1 Å². The van der Waals surface area contributed by atoms with Crippen LogP contribution in [0.1, 0.15) is 25.8 Å². The Morgan fingerprint density at radius 3 is 2.45 bits per heavy atom. The molecule has 0 fully saturated rings. The predicted octanol–water partition coefficient (Wildman–Crippen LogP) is 2.71. The zero-order valence-corrected chi connectivity index (χ0v) is 13.2. The highest BCUT2D eigenvalue weighted by molar-refractivity contribution is 5.54. The molecule has 0 amide bonds. The van der Waals surface area contributed by atoms with Crippen molar-refractivity contribution in [1.29, 1.82) is 0 Å². The minimum atomic E-state index is -0.161. The van der Waals surface area contributed by atoms with Crippen molar-refractivity contribution in [2.45, 2.75) is 26.8 Å². The number of anilines is 1. The summed E-state index contributed by atoms with van der Waals surface area (Å²) in [6.45, 7) is 8.81. The van der Waals surface area contributed by atoms with E-state index in [1.807, 2.05) is 6.07 Å². The molecule has 0 aromatic heterocycles. The number of nitrogens with one attached hydrogen (secondary N) is 1. The topological polar surface area (TPSA) is 18.5 Å². The molecular weight excluding hydrogens is 253 g/mol. The van der Waals surface area contributed by atoms with E-state index in [1.54, 1.807) is 12.1 Å². The molecule has 0 saturated heterocycles. The second-order valence-corrected chi connectivity index (χ2v) is 5.34. The minimum absolute atomic E-state index is 0.161. The van der Waals surface area contributed by atoms with Crippen molar-refractivity contribution in [3.05, 3.63) is 29.6 Å². The first kappa shape index (κ1) is 16.9. The molecule has 1 aromatic rings. The maximum atomic E-state index is 13.5. The van der Waals surface area contributed by atoms with Gasteiger partial charge in [0.1, 0.15) is 5.82 Å². The molecular formula is C16H28FN3. The van der Waals surface area contributed by atoms with Crippen molar-refractivity contribution in [3.63, 3.8) is 0 Å². The zero-order chi connectivity index (χ0) is 15.0. The number of halogens is 1. The molecule has 1 aromatic carbocycles. The molecule has 4 heteroatoms.